The van der Waals surface area contributed by atoms with Crippen LogP contribution in [0.4, 0.5) is 0 Å². The first-order valence-electron chi connectivity index (χ1n) is 3.66. The monoisotopic (exact) mass is 205 g/mol. The van der Waals surface area contributed by atoms with Crippen molar-refractivity contribution in [1.82, 2.24) is 0 Å². The maximum atomic E-state index is 8.60. The van der Waals surface area contributed by atoms with Crippen molar-refractivity contribution in [3.8, 4) is 5.75 Å². The Morgan fingerprint density at radius 2 is 1.69 bits per heavy atom. The number of benzene rings is 1. The zero-order valence-electron chi connectivity index (χ0n) is 6.84. The third-order valence-corrected chi connectivity index (χ3v) is 1.92. The van der Waals surface area contributed by atoms with E-state index in [4.69, 9.17) is 20.4 Å². The first kappa shape index (κ1) is 10.4. The molecule has 0 atom stereocenters. The van der Waals surface area contributed by atoms with Crippen LogP contribution in [0.2, 0.25) is 0 Å². The predicted octanol–water partition coefficient (Wildman–Crippen LogP) is -0.0891. The molecule has 0 heterocycles. The van der Waals surface area contributed by atoms with Gasteiger partial charge in [0.2, 0.25) is 0 Å². The molecular formula is C7H12NO4P. The molecule has 0 aliphatic heterocycles. The van der Waals surface area contributed by atoms with Crippen LogP contribution in [0.1, 0.15) is 5.56 Å². The van der Waals surface area contributed by atoms with Gasteiger partial charge in [0.05, 0.1) is 0 Å². The standard InChI is InChI=1S/C7H12NO4P/c8-5-6-1-3-7(4-2-6)12-13(9,10)11/h1-4,9-11,13H,5,8H2. The molecule has 0 fully saturated rings. The van der Waals surface area contributed by atoms with Crippen LogP contribution >= 0.6 is 8.17 Å². The Labute approximate surface area is 76.1 Å². The Kier molecular flexibility index (Phi) is 3.19. The minimum atomic E-state index is -4.46. The molecule has 0 bridgehead atoms. The number of hydrogen-bond donors (Lipinski definition) is 4. The molecule has 0 saturated carbocycles. The molecule has 74 valence electrons. The molecule has 0 aliphatic rings. The van der Waals surface area contributed by atoms with Crippen LogP contribution in [0.25, 0.3) is 0 Å². The van der Waals surface area contributed by atoms with E-state index in [1.165, 1.54) is 12.1 Å². The van der Waals surface area contributed by atoms with Gasteiger partial charge in [-0.3, -0.25) is 0 Å². The summed E-state index contributed by atoms with van der Waals surface area (Å²) in [6.45, 7) is 0.403. The topological polar surface area (TPSA) is 95.9 Å². The van der Waals surface area contributed by atoms with E-state index in [9.17, 15) is 0 Å². The number of rotatable bonds is 3. The molecule has 1 rings (SSSR count). The van der Waals surface area contributed by atoms with Gasteiger partial charge < -0.3 is 0 Å². The minimum absolute atomic E-state index is 0.205. The molecule has 0 unspecified atom stereocenters. The molecule has 0 saturated heterocycles. The Hall–Kier alpha value is -0.710. The summed E-state index contributed by atoms with van der Waals surface area (Å²) in [5.41, 5.74) is 6.24. The fourth-order valence-electron chi connectivity index (χ4n) is 0.852. The number of nitrogens with two attached hydrogens (primary N) is 1. The van der Waals surface area contributed by atoms with Gasteiger partial charge in [-0.15, -0.1) is 0 Å². The third-order valence-electron chi connectivity index (χ3n) is 1.41. The predicted molar refractivity (Wildman–Crippen MR) is 49.9 cm³/mol. The van der Waals surface area contributed by atoms with Gasteiger partial charge in [-0.05, 0) is 0 Å². The van der Waals surface area contributed by atoms with E-state index < -0.39 is 8.17 Å². The van der Waals surface area contributed by atoms with E-state index in [-0.39, 0.29) is 5.75 Å². The summed E-state index contributed by atoms with van der Waals surface area (Å²) in [5, 5.41) is 0. The van der Waals surface area contributed by atoms with Crippen LogP contribution in [0.5, 0.6) is 5.75 Å². The second-order valence-corrected chi connectivity index (χ2v) is 3.88. The van der Waals surface area contributed by atoms with E-state index in [2.05, 4.69) is 4.52 Å². The Bertz CT molecular complexity index is 269. The summed E-state index contributed by atoms with van der Waals surface area (Å²) < 4.78 is 4.47. The van der Waals surface area contributed by atoms with Gasteiger partial charge in [0.1, 0.15) is 0 Å². The van der Waals surface area contributed by atoms with Crippen LogP contribution < -0.4 is 10.3 Å². The van der Waals surface area contributed by atoms with Crippen molar-refractivity contribution in [2.24, 2.45) is 5.73 Å². The molecule has 0 radical (unpaired) electrons. The summed E-state index contributed by atoms with van der Waals surface area (Å²) in [4.78, 5) is 25.8. The molecule has 1 aromatic carbocycles. The first-order chi connectivity index (χ1) is 6.01. The van der Waals surface area contributed by atoms with Crippen molar-refractivity contribution >= 4 is 8.17 Å². The second-order valence-electron chi connectivity index (χ2n) is 2.52. The average Bonchev–Trinajstić information content (AvgIpc) is 2.03. The summed E-state index contributed by atoms with van der Waals surface area (Å²) >= 11 is 0. The van der Waals surface area contributed by atoms with Gasteiger partial charge >= 0.3 is 75.2 Å². The van der Waals surface area contributed by atoms with E-state index in [0.29, 0.717) is 6.54 Å². The van der Waals surface area contributed by atoms with E-state index in [0.717, 1.165) is 5.56 Å². The van der Waals surface area contributed by atoms with Crippen molar-refractivity contribution in [2.45, 2.75) is 6.54 Å². The van der Waals surface area contributed by atoms with Gasteiger partial charge in [-0.25, -0.2) is 0 Å². The molecule has 13 heavy (non-hydrogen) atoms. The molecular weight excluding hydrogens is 193 g/mol. The molecule has 6 heteroatoms. The third kappa shape index (κ3) is 3.67. The van der Waals surface area contributed by atoms with E-state index in [1.54, 1.807) is 12.1 Å². The van der Waals surface area contributed by atoms with Crippen LogP contribution in [-0.2, 0) is 6.54 Å². The van der Waals surface area contributed by atoms with Gasteiger partial charge in [-0.2, -0.15) is 0 Å². The van der Waals surface area contributed by atoms with Crippen molar-refractivity contribution in [1.29, 1.82) is 0 Å². The fraction of sp³-hybridized carbons (Fsp3) is 0.143. The van der Waals surface area contributed by atoms with Gasteiger partial charge in [-0.1, -0.05) is 0 Å². The van der Waals surface area contributed by atoms with Crippen molar-refractivity contribution in [3.63, 3.8) is 0 Å². The molecule has 0 spiro atoms. The van der Waals surface area contributed by atoms with Crippen LogP contribution in [-0.4, -0.2) is 14.7 Å². The molecule has 1 aromatic rings. The molecule has 5 N–H and O–H groups in total. The molecule has 0 aromatic heterocycles. The zero-order valence-corrected chi connectivity index (χ0v) is 7.84. The summed E-state index contributed by atoms with van der Waals surface area (Å²) in [6.07, 6.45) is 0. The van der Waals surface area contributed by atoms with E-state index in [1.807, 2.05) is 0 Å². The number of hydrogen-bond acceptors (Lipinski definition) is 5. The normalized spacial score (nSPS) is 12.6. The Morgan fingerprint density at radius 3 is 2.08 bits per heavy atom. The van der Waals surface area contributed by atoms with Gasteiger partial charge in [0.15, 0.2) is 0 Å². The SMILES string of the molecule is NCc1ccc(O[PH](O)(O)O)cc1. The van der Waals surface area contributed by atoms with Gasteiger partial charge in [0, 0.05) is 0 Å². The summed E-state index contributed by atoms with van der Waals surface area (Å²) in [5.74, 6) is 0.205. The summed E-state index contributed by atoms with van der Waals surface area (Å²) in [6, 6.07) is 6.37. The first-order valence-corrected chi connectivity index (χ1v) is 5.41. The maximum absolute atomic E-state index is 8.60. The molecule has 0 amide bonds. The molecule has 0 aliphatic carbocycles. The zero-order chi connectivity index (χ0) is 9.90. The second kappa shape index (κ2) is 4.00. The van der Waals surface area contributed by atoms with Crippen LogP contribution in [0.3, 0.4) is 0 Å². The van der Waals surface area contributed by atoms with Crippen LogP contribution in [0.15, 0.2) is 24.3 Å². The van der Waals surface area contributed by atoms with Crippen molar-refractivity contribution in [2.75, 3.05) is 0 Å². The van der Waals surface area contributed by atoms with E-state index >= 15 is 0 Å². The van der Waals surface area contributed by atoms with Crippen molar-refractivity contribution in [3.05, 3.63) is 29.8 Å². The average molecular weight is 205 g/mol. The molecule has 5 nitrogen and oxygen atoms in total. The van der Waals surface area contributed by atoms with Crippen LogP contribution in [0, 0.1) is 0 Å². The summed E-state index contributed by atoms with van der Waals surface area (Å²) in [7, 11) is -4.46. The quantitative estimate of drug-likeness (QED) is 0.517. The Morgan fingerprint density at radius 1 is 1.15 bits per heavy atom. The van der Waals surface area contributed by atoms with Crippen molar-refractivity contribution < 1.29 is 19.2 Å². The fourth-order valence-corrected chi connectivity index (χ4v) is 1.30. The Balaban J connectivity index is 2.70. The van der Waals surface area contributed by atoms with Gasteiger partial charge in [0.25, 0.3) is 0 Å².